The van der Waals surface area contributed by atoms with Crippen molar-refractivity contribution in [2.24, 2.45) is 0 Å². The summed E-state index contributed by atoms with van der Waals surface area (Å²) in [4.78, 5) is 40.5. The molecule has 1 aromatic carbocycles. The fraction of sp³-hybridized carbons (Fsp3) is 0.263. The molecule has 2 N–H and O–H groups in total. The highest BCUT2D eigenvalue weighted by atomic mass is 16.5. The molecule has 0 aliphatic heterocycles. The van der Waals surface area contributed by atoms with Gasteiger partial charge >= 0.3 is 5.97 Å². The van der Waals surface area contributed by atoms with Crippen LogP contribution >= 0.6 is 0 Å². The summed E-state index contributed by atoms with van der Waals surface area (Å²) < 4.78 is 4.99. The molecule has 2 rings (SSSR count). The zero-order valence-corrected chi connectivity index (χ0v) is 14.7. The molecule has 0 radical (unpaired) electrons. The third kappa shape index (κ3) is 4.89. The van der Waals surface area contributed by atoms with Gasteiger partial charge in [-0.2, -0.15) is 0 Å². The molecule has 0 atom stereocenters. The molecule has 0 saturated carbocycles. The number of nitrogens with one attached hydrogen (secondary N) is 2. The smallest absolute Gasteiger partial charge is 0.340 e. The number of carbonyl (C=O) groups is 3. The molecule has 136 valence electrons. The Balaban J connectivity index is 2.18. The SMILES string of the molecule is CCCNC(=O)c1cc(C(=O)Nc2ccccc2C(=O)OCC)ccn1. The highest BCUT2D eigenvalue weighted by Crippen LogP contribution is 2.17. The van der Waals surface area contributed by atoms with Gasteiger partial charge in [-0.1, -0.05) is 19.1 Å². The maximum Gasteiger partial charge on any atom is 0.340 e. The molecule has 0 fully saturated rings. The van der Waals surface area contributed by atoms with Crippen molar-refractivity contribution >= 4 is 23.5 Å². The first-order chi connectivity index (χ1) is 12.6. The van der Waals surface area contributed by atoms with Crippen LogP contribution in [0, 0.1) is 0 Å². The van der Waals surface area contributed by atoms with Gasteiger partial charge in [0.05, 0.1) is 17.9 Å². The first kappa shape index (κ1) is 19.1. The Kier molecular flexibility index (Phi) is 6.84. The number of nitrogens with zero attached hydrogens (tertiary/aromatic N) is 1. The van der Waals surface area contributed by atoms with Crippen molar-refractivity contribution in [2.45, 2.75) is 20.3 Å². The van der Waals surface area contributed by atoms with Gasteiger partial charge in [0.25, 0.3) is 11.8 Å². The molecule has 0 aliphatic rings. The van der Waals surface area contributed by atoms with Crippen molar-refractivity contribution in [3.05, 3.63) is 59.4 Å². The van der Waals surface area contributed by atoms with E-state index in [1.54, 1.807) is 31.2 Å². The summed E-state index contributed by atoms with van der Waals surface area (Å²) in [7, 11) is 0. The second-order valence-electron chi connectivity index (χ2n) is 5.41. The molecule has 2 aromatic rings. The molecule has 2 amide bonds. The summed E-state index contributed by atoms with van der Waals surface area (Å²) >= 11 is 0. The number of aromatic nitrogens is 1. The van der Waals surface area contributed by atoms with Crippen LogP contribution in [0.3, 0.4) is 0 Å². The number of hydrogen-bond acceptors (Lipinski definition) is 5. The quantitative estimate of drug-likeness (QED) is 0.744. The van der Waals surface area contributed by atoms with E-state index in [-0.39, 0.29) is 29.3 Å². The molecule has 1 aromatic heterocycles. The van der Waals surface area contributed by atoms with Crippen LogP contribution in [0.1, 0.15) is 51.5 Å². The van der Waals surface area contributed by atoms with Crippen molar-refractivity contribution in [3.8, 4) is 0 Å². The molecule has 7 heteroatoms. The molecular weight excluding hydrogens is 334 g/mol. The average Bonchev–Trinajstić information content (AvgIpc) is 2.66. The first-order valence-corrected chi connectivity index (χ1v) is 8.38. The minimum atomic E-state index is -0.516. The Labute approximate surface area is 151 Å². The van der Waals surface area contributed by atoms with Gasteiger partial charge in [-0.15, -0.1) is 0 Å². The van der Waals surface area contributed by atoms with E-state index in [1.165, 1.54) is 18.3 Å². The van der Waals surface area contributed by atoms with Crippen LogP contribution < -0.4 is 10.6 Å². The van der Waals surface area contributed by atoms with Crippen LogP contribution in [0.5, 0.6) is 0 Å². The minimum absolute atomic E-state index is 0.157. The predicted octanol–water partition coefficient (Wildman–Crippen LogP) is 2.65. The second kappa shape index (κ2) is 9.31. The largest absolute Gasteiger partial charge is 0.462 e. The predicted molar refractivity (Wildman–Crippen MR) is 97.2 cm³/mol. The number of esters is 1. The van der Waals surface area contributed by atoms with Crippen molar-refractivity contribution in [1.82, 2.24) is 10.3 Å². The second-order valence-corrected chi connectivity index (χ2v) is 5.41. The summed E-state index contributed by atoms with van der Waals surface area (Å²) in [6, 6.07) is 9.48. The number of benzene rings is 1. The molecule has 1 heterocycles. The Morgan fingerprint density at radius 3 is 2.58 bits per heavy atom. The molecule has 0 bridgehead atoms. The number of amides is 2. The monoisotopic (exact) mass is 355 g/mol. The topological polar surface area (TPSA) is 97.4 Å². The Morgan fingerprint density at radius 1 is 1.08 bits per heavy atom. The first-order valence-electron chi connectivity index (χ1n) is 8.38. The van der Waals surface area contributed by atoms with Crippen molar-refractivity contribution in [1.29, 1.82) is 0 Å². The minimum Gasteiger partial charge on any atom is -0.462 e. The van der Waals surface area contributed by atoms with Crippen molar-refractivity contribution < 1.29 is 19.1 Å². The van der Waals surface area contributed by atoms with E-state index in [4.69, 9.17) is 4.74 Å². The number of rotatable bonds is 7. The normalized spacial score (nSPS) is 10.1. The highest BCUT2D eigenvalue weighted by molar-refractivity contribution is 6.08. The molecule has 0 spiro atoms. The van der Waals surface area contributed by atoms with Crippen LogP contribution in [0.2, 0.25) is 0 Å². The summed E-state index contributed by atoms with van der Waals surface area (Å²) in [5.74, 6) is -1.31. The van der Waals surface area contributed by atoms with Gasteiger partial charge in [-0.25, -0.2) is 4.79 Å². The maximum absolute atomic E-state index is 12.5. The summed E-state index contributed by atoms with van der Waals surface area (Å²) in [6.07, 6.45) is 2.20. The van der Waals surface area contributed by atoms with Crippen molar-refractivity contribution in [2.75, 3.05) is 18.5 Å². The van der Waals surface area contributed by atoms with Gasteiger partial charge in [0.1, 0.15) is 5.69 Å². The Morgan fingerprint density at radius 2 is 1.85 bits per heavy atom. The lowest BCUT2D eigenvalue weighted by molar-refractivity contribution is 0.0527. The number of hydrogen-bond donors (Lipinski definition) is 2. The fourth-order valence-corrected chi connectivity index (χ4v) is 2.20. The van der Waals surface area contributed by atoms with Gasteiger partial charge in [0.2, 0.25) is 0 Å². The number of pyridine rings is 1. The van der Waals surface area contributed by atoms with Crippen molar-refractivity contribution in [3.63, 3.8) is 0 Å². The summed E-state index contributed by atoms with van der Waals surface area (Å²) in [5, 5.41) is 5.38. The molecular formula is C19H21N3O4. The van der Waals surface area contributed by atoms with E-state index in [0.29, 0.717) is 12.2 Å². The molecule has 7 nitrogen and oxygen atoms in total. The molecule has 0 saturated heterocycles. The van der Waals surface area contributed by atoms with Gasteiger partial charge in [0, 0.05) is 18.3 Å². The van der Waals surface area contributed by atoms with E-state index >= 15 is 0 Å². The van der Waals surface area contributed by atoms with E-state index in [2.05, 4.69) is 15.6 Å². The third-order valence-electron chi connectivity index (χ3n) is 3.46. The third-order valence-corrected chi connectivity index (χ3v) is 3.46. The fourth-order valence-electron chi connectivity index (χ4n) is 2.20. The van der Waals surface area contributed by atoms with Crippen LogP contribution in [0.15, 0.2) is 42.6 Å². The van der Waals surface area contributed by atoms with Crippen LogP contribution in [0.4, 0.5) is 5.69 Å². The van der Waals surface area contributed by atoms with E-state index in [0.717, 1.165) is 6.42 Å². The lowest BCUT2D eigenvalue weighted by atomic mass is 10.1. The summed E-state index contributed by atoms with van der Waals surface area (Å²) in [5.41, 5.74) is 1.02. The van der Waals surface area contributed by atoms with E-state index in [1.807, 2.05) is 6.92 Å². The van der Waals surface area contributed by atoms with E-state index < -0.39 is 11.9 Å². The van der Waals surface area contributed by atoms with Gasteiger partial charge < -0.3 is 15.4 Å². The molecule has 0 unspecified atom stereocenters. The lowest BCUT2D eigenvalue weighted by Crippen LogP contribution is -2.25. The van der Waals surface area contributed by atoms with Crippen LogP contribution in [0.25, 0.3) is 0 Å². The van der Waals surface area contributed by atoms with Crippen LogP contribution in [-0.4, -0.2) is 35.9 Å². The molecule has 26 heavy (non-hydrogen) atoms. The standard InChI is InChI=1S/C19H21N3O4/c1-3-10-21-18(24)16-12-13(9-11-20-16)17(23)22-15-8-6-5-7-14(15)19(25)26-4-2/h5-9,11-12H,3-4,10H2,1-2H3,(H,21,24)(H,22,23). The van der Waals surface area contributed by atoms with Gasteiger partial charge in [-0.05, 0) is 37.6 Å². The maximum atomic E-state index is 12.5. The van der Waals surface area contributed by atoms with Gasteiger partial charge in [0.15, 0.2) is 0 Å². The molecule has 0 aliphatic carbocycles. The van der Waals surface area contributed by atoms with Crippen LogP contribution in [-0.2, 0) is 4.74 Å². The Bertz CT molecular complexity index is 805. The number of ether oxygens (including phenoxy) is 1. The number of anilines is 1. The zero-order valence-electron chi connectivity index (χ0n) is 14.7. The summed E-state index contributed by atoms with van der Waals surface area (Å²) in [6.45, 7) is 4.42. The zero-order chi connectivity index (χ0) is 18.9. The average molecular weight is 355 g/mol. The number of para-hydroxylation sites is 1. The lowest BCUT2D eigenvalue weighted by Gasteiger charge is -2.11. The highest BCUT2D eigenvalue weighted by Gasteiger charge is 2.16. The Hall–Kier alpha value is -3.22. The number of carbonyl (C=O) groups excluding carboxylic acids is 3. The van der Waals surface area contributed by atoms with E-state index in [9.17, 15) is 14.4 Å². The van der Waals surface area contributed by atoms with Gasteiger partial charge in [-0.3, -0.25) is 14.6 Å².